The lowest BCUT2D eigenvalue weighted by atomic mass is 9.90. The quantitative estimate of drug-likeness (QED) is 0.251. The molecule has 4 rings (SSSR count). The van der Waals surface area contributed by atoms with Crippen LogP contribution in [0.4, 0.5) is 10.2 Å². The number of ether oxygens (including phenoxy) is 1. The highest BCUT2D eigenvalue weighted by Crippen LogP contribution is 2.45. The van der Waals surface area contributed by atoms with Gasteiger partial charge >= 0.3 is 11.9 Å². The molecule has 4 heterocycles. The van der Waals surface area contributed by atoms with E-state index >= 15 is 0 Å². The first kappa shape index (κ1) is 26.2. The zero-order valence-electron chi connectivity index (χ0n) is 21.8. The molecule has 0 amide bonds. The molecule has 1 aliphatic heterocycles. The third kappa shape index (κ3) is 4.89. The van der Waals surface area contributed by atoms with Crippen LogP contribution in [0.5, 0.6) is 0 Å². The van der Waals surface area contributed by atoms with Crippen LogP contribution >= 0.6 is 0 Å². The maximum atomic E-state index is 14.4. The molecule has 0 spiro atoms. The summed E-state index contributed by atoms with van der Waals surface area (Å²) in [5.74, 6) is 0.000890. The Morgan fingerprint density at radius 3 is 2.69 bits per heavy atom. The van der Waals surface area contributed by atoms with Gasteiger partial charge in [-0.3, -0.25) is 4.57 Å². The van der Waals surface area contributed by atoms with Crippen molar-refractivity contribution in [3.8, 4) is 0 Å². The fourth-order valence-corrected chi connectivity index (χ4v) is 5.11. The third-order valence-corrected chi connectivity index (χ3v) is 11.9. The minimum Gasteiger partial charge on any atom is -0.414 e. The van der Waals surface area contributed by atoms with Gasteiger partial charge in [0.25, 0.3) is 0 Å². The Bertz CT molecular complexity index is 1330. The summed E-state index contributed by atoms with van der Waals surface area (Å²) >= 11 is 0. The second-order valence-corrected chi connectivity index (χ2v) is 15.8. The van der Waals surface area contributed by atoms with Gasteiger partial charge in [-0.05, 0) is 32.0 Å². The second kappa shape index (κ2) is 9.24. The molecule has 3 aromatic heterocycles. The molecule has 196 valence electrons. The Kier molecular flexibility index (Phi) is 6.73. The van der Waals surface area contributed by atoms with Gasteiger partial charge in [0.2, 0.25) is 0 Å². The first-order valence-electron chi connectivity index (χ1n) is 11.9. The van der Waals surface area contributed by atoms with Crippen LogP contribution in [0.2, 0.25) is 18.1 Å². The van der Waals surface area contributed by atoms with Crippen LogP contribution in [-0.2, 0) is 15.7 Å². The number of rotatable bonds is 8. The number of halogens is 1. The smallest absolute Gasteiger partial charge is 0.414 e. The number of aromatic nitrogens is 4. The normalized spacial score (nSPS) is 22.9. The fraction of sp³-hybridized carbons (Fsp3) is 0.583. The predicted octanol–water partition coefficient (Wildman–Crippen LogP) is 4.93. The predicted molar refractivity (Wildman–Crippen MR) is 135 cm³/mol. The molecule has 1 aliphatic rings. The summed E-state index contributed by atoms with van der Waals surface area (Å²) in [6.45, 7) is 19.1. The number of anilines is 1. The van der Waals surface area contributed by atoms with E-state index in [1.54, 1.807) is 17.8 Å². The fourth-order valence-electron chi connectivity index (χ4n) is 4.03. The van der Waals surface area contributed by atoms with E-state index in [0.29, 0.717) is 24.3 Å². The Morgan fingerprint density at radius 2 is 2.08 bits per heavy atom. The summed E-state index contributed by atoms with van der Waals surface area (Å²) in [6, 6.07) is 0. The van der Waals surface area contributed by atoms with E-state index in [-0.39, 0.29) is 34.7 Å². The van der Waals surface area contributed by atoms with Gasteiger partial charge in [0.05, 0.1) is 25.1 Å². The largest absolute Gasteiger partial charge is 0.519 e. The number of nitrogens with zero attached hydrogens (tertiary/aromatic N) is 4. The molecule has 0 aromatic carbocycles. The monoisotopic (exact) mass is 519 g/mol. The molecular weight excluding hydrogens is 485 g/mol. The van der Waals surface area contributed by atoms with E-state index in [2.05, 4.69) is 60.7 Å². The molecule has 1 saturated heterocycles. The van der Waals surface area contributed by atoms with E-state index in [0.717, 1.165) is 0 Å². The molecule has 12 heteroatoms. The Hall–Kier alpha value is -2.83. The molecule has 1 N–H and O–H groups in total. The standard InChI is InChI=1S/C24H34FN5O5Si/c1-9-15-10-17(35-24(15,6)12-32-36(7,8)23(3,4)5)30-13-27-18-19(28-21(25)29-20(18)30)26-11-16-14(2)33-22(31)34-16/h9,13,15,17H,1,10-12H2,2-8H3,(H,26,28,29)/t15-,17+,24+/m0/s1. The summed E-state index contributed by atoms with van der Waals surface area (Å²) < 4.78 is 39.0. The molecule has 3 aromatic rings. The number of aryl methyl sites for hydroxylation is 1. The molecule has 1 fully saturated rings. The van der Waals surface area contributed by atoms with E-state index in [1.807, 2.05) is 13.0 Å². The van der Waals surface area contributed by atoms with E-state index in [4.69, 9.17) is 18.0 Å². The van der Waals surface area contributed by atoms with E-state index in [9.17, 15) is 9.18 Å². The third-order valence-electron chi connectivity index (χ3n) is 7.41. The van der Waals surface area contributed by atoms with E-state index < -0.39 is 32.0 Å². The highest BCUT2D eigenvalue weighted by molar-refractivity contribution is 6.74. The lowest BCUT2D eigenvalue weighted by molar-refractivity contribution is -0.0908. The number of hydrogen-bond donors (Lipinski definition) is 1. The van der Waals surface area contributed by atoms with Gasteiger partial charge in [-0.25, -0.2) is 9.78 Å². The number of fused-ring (bicyclic) bond motifs is 1. The lowest BCUT2D eigenvalue weighted by Crippen LogP contribution is -2.47. The van der Waals surface area contributed by atoms with Crippen molar-refractivity contribution in [1.29, 1.82) is 0 Å². The molecule has 3 atom stereocenters. The summed E-state index contributed by atoms with van der Waals surface area (Å²) in [5, 5.41) is 3.03. The van der Waals surface area contributed by atoms with Crippen LogP contribution in [0, 0.1) is 18.9 Å². The van der Waals surface area contributed by atoms with Crippen molar-refractivity contribution in [3.63, 3.8) is 0 Å². The van der Waals surface area contributed by atoms with Crippen LogP contribution in [0.1, 0.15) is 51.9 Å². The number of nitrogens with one attached hydrogen (secondary N) is 1. The van der Waals surface area contributed by atoms with Crippen LogP contribution in [-0.4, -0.2) is 40.0 Å². The van der Waals surface area contributed by atoms with Crippen LogP contribution in [0.15, 0.2) is 32.6 Å². The zero-order chi connectivity index (χ0) is 26.5. The molecular formula is C24H34FN5O5Si. The van der Waals surface area contributed by atoms with Crippen molar-refractivity contribution in [3.05, 3.63) is 47.2 Å². The first-order chi connectivity index (χ1) is 16.7. The summed E-state index contributed by atoms with van der Waals surface area (Å²) in [5.41, 5.74) is 0.0455. The van der Waals surface area contributed by atoms with Crippen molar-refractivity contribution in [2.24, 2.45) is 5.92 Å². The van der Waals surface area contributed by atoms with Crippen molar-refractivity contribution in [1.82, 2.24) is 19.5 Å². The van der Waals surface area contributed by atoms with Gasteiger partial charge in [-0.1, -0.05) is 26.8 Å². The van der Waals surface area contributed by atoms with Gasteiger partial charge in [-0.2, -0.15) is 14.4 Å². The topological polar surface area (TPSA) is 117 Å². The van der Waals surface area contributed by atoms with Crippen LogP contribution < -0.4 is 11.1 Å². The first-order valence-corrected chi connectivity index (χ1v) is 14.8. The average molecular weight is 520 g/mol. The summed E-state index contributed by atoms with van der Waals surface area (Å²) in [4.78, 5) is 23.6. The Morgan fingerprint density at radius 1 is 1.36 bits per heavy atom. The highest BCUT2D eigenvalue weighted by atomic mass is 28.4. The Balaban J connectivity index is 1.58. The molecule has 0 saturated carbocycles. The lowest BCUT2D eigenvalue weighted by Gasteiger charge is -2.39. The second-order valence-electron chi connectivity index (χ2n) is 11.0. The van der Waals surface area contributed by atoms with Crippen molar-refractivity contribution >= 4 is 25.3 Å². The minimum absolute atomic E-state index is 0.0148. The molecule has 36 heavy (non-hydrogen) atoms. The van der Waals surface area contributed by atoms with E-state index in [1.165, 1.54) is 0 Å². The molecule has 0 bridgehead atoms. The summed E-state index contributed by atoms with van der Waals surface area (Å²) in [6.07, 6.45) is 2.71. The number of imidazole rings is 1. The van der Waals surface area contributed by atoms with Crippen LogP contribution in [0.3, 0.4) is 0 Å². The van der Waals surface area contributed by atoms with Gasteiger partial charge in [0, 0.05) is 12.3 Å². The maximum Gasteiger partial charge on any atom is 0.519 e. The van der Waals surface area contributed by atoms with Gasteiger partial charge in [-0.15, -0.1) is 6.58 Å². The highest BCUT2D eigenvalue weighted by Gasteiger charge is 2.47. The minimum atomic E-state index is -1.99. The summed E-state index contributed by atoms with van der Waals surface area (Å²) in [7, 11) is -1.99. The molecule has 0 radical (unpaired) electrons. The molecule has 10 nitrogen and oxygen atoms in total. The van der Waals surface area contributed by atoms with Crippen molar-refractivity contribution in [2.45, 2.75) is 77.5 Å². The van der Waals surface area contributed by atoms with Gasteiger partial charge < -0.3 is 23.3 Å². The van der Waals surface area contributed by atoms with Crippen molar-refractivity contribution in [2.75, 3.05) is 11.9 Å². The maximum absolute atomic E-state index is 14.4. The molecule has 0 aliphatic carbocycles. The van der Waals surface area contributed by atoms with Crippen LogP contribution in [0.25, 0.3) is 11.2 Å². The van der Waals surface area contributed by atoms with Gasteiger partial charge in [0.1, 0.15) is 12.0 Å². The van der Waals surface area contributed by atoms with Crippen molar-refractivity contribution < 1.29 is 22.4 Å². The molecule has 0 unspecified atom stereocenters. The Labute approximate surface area is 210 Å². The zero-order valence-corrected chi connectivity index (χ0v) is 22.8. The number of hydrogen-bond acceptors (Lipinski definition) is 9. The van der Waals surface area contributed by atoms with Gasteiger partial charge in [0.15, 0.2) is 31.1 Å². The average Bonchev–Trinajstić information content (AvgIpc) is 3.44. The SMILES string of the molecule is C=C[C@H]1C[C@H](n2cnc3c(NCc4oc(=O)oc4C)nc(F)nc32)O[C@]1(C)CO[Si](C)(C)C(C)(C)C.